The number of hydrogen-bond acceptors (Lipinski definition) is 3. The fourth-order valence-electron chi connectivity index (χ4n) is 2.08. The summed E-state index contributed by atoms with van der Waals surface area (Å²) in [6.07, 6.45) is 2.76. The summed E-state index contributed by atoms with van der Waals surface area (Å²) in [6, 6.07) is 0. The van der Waals surface area contributed by atoms with E-state index in [2.05, 4.69) is 4.98 Å². The number of likely N-dealkylation sites (tertiary alicyclic amines) is 1. The minimum atomic E-state index is -2.73. The summed E-state index contributed by atoms with van der Waals surface area (Å²) in [4.78, 5) is 27.6. The number of aromatic nitrogens is 2. The Kier molecular flexibility index (Phi) is 3.77. The van der Waals surface area contributed by atoms with Crippen molar-refractivity contribution in [1.82, 2.24) is 14.5 Å². The van der Waals surface area contributed by atoms with Crippen LogP contribution in [0.1, 0.15) is 25.2 Å². The second kappa shape index (κ2) is 5.33. The molecule has 1 unspecified atom stereocenters. The molecule has 0 aliphatic carbocycles. The van der Waals surface area contributed by atoms with Crippen molar-refractivity contribution in [3.05, 3.63) is 18.2 Å². The predicted molar refractivity (Wildman–Crippen MR) is 59.3 cm³/mol. The summed E-state index contributed by atoms with van der Waals surface area (Å²) in [6.45, 7) is -2.79. The maximum absolute atomic E-state index is 12.6. The number of hydrogen-bond donors (Lipinski definition) is 1. The van der Waals surface area contributed by atoms with E-state index in [1.165, 1.54) is 11.1 Å². The lowest BCUT2D eigenvalue weighted by atomic mass is 9.98. The molecular formula is C11H13F2N3O3. The van der Waals surface area contributed by atoms with Gasteiger partial charge in [0.1, 0.15) is 5.82 Å². The Balaban J connectivity index is 2.10. The molecule has 0 saturated carbocycles. The molecule has 2 rings (SSSR count). The minimum Gasteiger partial charge on any atom is -0.481 e. The van der Waals surface area contributed by atoms with Gasteiger partial charge in [0.05, 0.1) is 12.5 Å². The van der Waals surface area contributed by atoms with E-state index in [4.69, 9.17) is 5.11 Å². The van der Waals surface area contributed by atoms with Gasteiger partial charge in [-0.05, 0) is 6.42 Å². The van der Waals surface area contributed by atoms with Gasteiger partial charge in [-0.3, -0.25) is 14.2 Å². The molecule has 0 spiro atoms. The number of nitrogens with zero attached hydrogens (tertiary/aromatic N) is 3. The lowest BCUT2D eigenvalue weighted by Crippen LogP contribution is -2.42. The van der Waals surface area contributed by atoms with Gasteiger partial charge in [0, 0.05) is 25.4 Å². The first-order chi connectivity index (χ1) is 8.99. The molecule has 1 fully saturated rings. The summed E-state index contributed by atoms with van der Waals surface area (Å²) >= 11 is 0. The van der Waals surface area contributed by atoms with Crippen LogP contribution in [0.5, 0.6) is 0 Å². The van der Waals surface area contributed by atoms with E-state index >= 15 is 0 Å². The maximum Gasteiger partial charge on any atom is 0.319 e. The fourth-order valence-corrected chi connectivity index (χ4v) is 2.08. The highest BCUT2D eigenvalue weighted by molar-refractivity contribution is 5.80. The monoisotopic (exact) mass is 273 g/mol. The highest BCUT2D eigenvalue weighted by Gasteiger charge is 2.31. The van der Waals surface area contributed by atoms with Gasteiger partial charge >= 0.3 is 12.5 Å². The molecule has 1 aromatic rings. The second-order valence-electron chi connectivity index (χ2n) is 4.38. The van der Waals surface area contributed by atoms with Gasteiger partial charge in [-0.25, -0.2) is 4.98 Å². The third kappa shape index (κ3) is 2.88. The molecule has 1 aliphatic rings. The Labute approximate surface area is 107 Å². The van der Waals surface area contributed by atoms with Crippen molar-refractivity contribution in [2.45, 2.75) is 25.9 Å². The maximum atomic E-state index is 12.6. The SMILES string of the molecule is O=C(O)C1CCC(=O)N(Cc2nccn2C(F)F)C1. The second-order valence-corrected chi connectivity index (χ2v) is 4.38. The van der Waals surface area contributed by atoms with E-state index in [1.807, 2.05) is 0 Å². The van der Waals surface area contributed by atoms with Crippen molar-refractivity contribution in [2.75, 3.05) is 6.54 Å². The first-order valence-electron chi connectivity index (χ1n) is 5.79. The number of piperidine rings is 1. The van der Waals surface area contributed by atoms with E-state index in [-0.39, 0.29) is 37.7 Å². The zero-order valence-electron chi connectivity index (χ0n) is 10.00. The molecule has 1 N–H and O–H groups in total. The highest BCUT2D eigenvalue weighted by atomic mass is 19.3. The Morgan fingerprint density at radius 2 is 2.32 bits per heavy atom. The van der Waals surface area contributed by atoms with Crippen molar-refractivity contribution >= 4 is 11.9 Å². The molecule has 0 aromatic carbocycles. The minimum absolute atomic E-state index is 0.0320. The predicted octanol–water partition coefficient (Wildman–Crippen LogP) is 1.10. The van der Waals surface area contributed by atoms with E-state index in [9.17, 15) is 18.4 Å². The molecule has 0 bridgehead atoms. The van der Waals surface area contributed by atoms with Gasteiger partial charge in [-0.15, -0.1) is 0 Å². The highest BCUT2D eigenvalue weighted by Crippen LogP contribution is 2.21. The smallest absolute Gasteiger partial charge is 0.319 e. The summed E-state index contributed by atoms with van der Waals surface area (Å²) < 4.78 is 25.9. The number of amides is 1. The van der Waals surface area contributed by atoms with Gasteiger partial charge in [0.25, 0.3) is 0 Å². The number of alkyl halides is 2. The Bertz CT molecular complexity index is 489. The number of rotatable bonds is 4. The third-order valence-electron chi connectivity index (χ3n) is 3.14. The van der Waals surface area contributed by atoms with Crippen LogP contribution >= 0.6 is 0 Å². The van der Waals surface area contributed by atoms with Gasteiger partial charge in [0.2, 0.25) is 5.91 Å². The molecule has 6 nitrogen and oxygen atoms in total. The lowest BCUT2D eigenvalue weighted by molar-refractivity contribution is -0.147. The van der Waals surface area contributed by atoms with E-state index in [0.717, 1.165) is 6.20 Å². The van der Waals surface area contributed by atoms with Crippen LogP contribution in [-0.4, -0.2) is 38.0 Å². The first-order valence-corrected chi connectivity index (χ1v) is 5.79. The quantitative estimate of drug-likeness (QED) is 0.891. The molecule has 1 amide bonds. The fraction of sp³-hybridized carbons (Fsp3) is 0.545. The van der Waals surface area contributed by atoms with Gasteiger partial charge in [0.15, 0.2) is 0 Å². The largest absolute Gasteiger partial charge is 0.481 e. The number of halogens is 2. The van der Waals surface area contributed by atoms with E-state index < -0.39 is 18.4 Å². The van der Waals surface area contributed by atoms with Crippen molar-refractivity contribution < 1.29 is 23.5 Å². The molecule has 19 heavy (non-hydrogen) atoms. The molecule has 1 aromatic heterocycles. The van der Waals surface area contributed by atoms with Crippen molar-refractivity contribution in [3.8, 4) is 0 Å². The van der Waals surface area contributed by atoms with Crippen LogP contribution in [0.25, 0.3) is 0 Å². The molecule has 1 aliphatic heterocycles. The van der Waals surface area contributed by atoms with Gasteiger partial charge < -0.3 is 10.0 Å². The average molecular weight is 273 g/mol. The molecular weight excluding hydrogens is 260 g/mol. The molecule has 1 atom stereocenters. The summed E-state index contributed by atoms with van der Waals surface area (Å²) in [7, 11) is 0. The Morgan fingerprint density at radius 3 is 2.95 bits per heavy atom. The summed E-state index contributed by atoms with van der Waals surface area (Å²) in [5, 5.41) is 8.93. The van der Waals surface area contributed by atoms with Crippen LogP contribution in [0.2, 0.25) is 0 Å². The standard InChI is InChI=1S/C11H13F2N3O3/c12-11(13)16-4-3-14-8(16)6-15-5-7(10(18)19)1-2-9(15)17/h3-4,7,11H,1-2,5-6H2,(H,18,19). The number of carboxylic acids is 1. The molecule has 0 radical (unpaired) electrons. The number of aliphatic carboxylic acids is 1. The number of imidazole rings is 1. The van der Waals surface area contributed by atoms with Crippen molar-refractivity contribution in [2.24, 2.45) is 5.92 Å². The zero-order chi connectivity index (χ0) is 14.0. The van der Waals surface area contributed by atoms with Crippen LogP contribution in [0, 0.1) is 5.92 Å². The molecule has 8 heteroatoms. The summed E-state index contributed by atoms with van der Waals surface area (Å²) in [5.74, 6) is -1.81. The first kappa shape index (κ1) is 13.4. The average Bonchev–Trinajstić information content (AvgIpc) is 2.80. The van der Waals surface area contributed by atoms with Crippen molar-refractivity contribution in [1.29, 1.82) is 0 Å². The van der Waals surface area contributed by atoms with Crippen LogP contribution in [-0.2, 0) is 16.1 Å². The molecule has 1 saturated heterocycles. The zero-order valence-corrected chi connectivity index (χ0v) is 10.00. The lowest BCUT2D eigenvalue weighted by Gasteiger charge is -2.30. The normalized spacial score (nSPS) is 20.1. The number of carbonyl (C=O) groups is 2. The molecule has 2 heterocycles. The Morgan fingerprint density at radius 1 is 1.58 bits per heavy atom. The van der Waals surface area contributed by atoms with Gasteiger partial charge in [-0.1, -0.05) is 0 Å². The van der Waals surface area contributed by atoms with Crippen molar-refractivity contribution in [3.63, 3.8) is 0 Å². The van der Waals surface area contributed by atoms with Gasteiger partial charge in [-0.2, -0.15) is 8.78 Å². The van der Waals surface area contributed by atoms with E-state index in [0.29, 0.717) is 4.57 Å². The Hall–Kier alpha value is -1.99. The summed E-state index contributed by atoms with van der Waals surface area (Å²) in [5.41, 5.74) is 0. The number of carbonyl (C=O) groups excluding carboxylic acids is 1. The molecule has 104 valence electrons. The third-order valence-corrected chi connectivity index (χ3v) is 3.14. The van der Waals surface area contributed by atoms with Crippen LogP contribution in [0.15, 0.2) is 12.4 Å². The van der Waals surface area contributed by atoms with Crippen LogP contribution in [0.3, 0.4) is 0 Å². The van der Waals surface area contributed by atoms with Crippen LogP contribution in [0.4, 0.5) is 8.78 Å². The number of carboxylic acid groups (broad SMARTS) is 1. The van der Waals surface area contributed by atoms with Crippen LogP contribution < -0.4 is 0 Å². The topological polar surface area (TPSA) is 75.4 Å². The van der Waals surface area contributed by atoms with E-state index in [1.54, 1.807) is 0 Å².